The number of hydrogen-bond donors (Lipinski definition) is 0. The van der Waals surface area contributed by atoms with Crippen molar-refractivity contribution >= 4 is 0 Å². The zero-order valence-corrected chi connectivity index (χ0v) is 7.69. The van der Waals surface area contributed by atoms with Gasteiger partial charge in [0.1, 0.15) is 0 Å². The second-order valence-corrected chi connectivity index (χ2v) is 3.04. The summed E-state index contributed by atoms with van der Waals surface area (Å²) in [6.45, 7) is 13.4. The predicted octanol–water partition coefficient (Wildman–Crippen LogP) is 3.71. The normalized spacial score (nSPS) is 11.7. The van der Waals surface area contributed by atoms with Gasteiger partial charge in [-0.2, -0.15) is 0 Å². The maximum atomic E-state index is 5.53. The van der Waals surface area contributed by atoms with Crippen LogP contribution in [0, 0.1) is 13.5 Å². The van der Waals surface area contributed by atoms with E-state index < -0.39 is 0 Å². The molecule has 0 amide bonds. The van der Waals surface area contributed by atoms with Crippen molar-refractivity contribution in [3.05, 3.63) is 30.7 Å². The predicted molar refractivity (Wildman–Crippen MR) is 51.1 cm³/mol. The van der Waals surface area contributed by atoms with E-state index in [1.165, 1.54) is 5.57 Å². The first-order valence-electron chi connectivity index (χ1n) is 4.19. The largest absolute Gasteiger partial charge is 0.0853 e. The zero-order valence-electron chi connectivity index (χ0n) is 7.69. The molecule has 0 unspecified atom stereocenters. The fourth-order valence-electron chi connectivity index (χ4n) is 0.927. The molecule has 0 fully saturated rings. The van der Waals surface area contributed by atoms with Crippen LogP contribution in [0.3, 0.4) is 0 Å². The first-order valence-corrected chi connectivity index (χ1v) is 4.19. The summed E-state index contributed by atoms with van der Waals surface area (Å²) in [7, 11) is 0. The van der Waals surface area contributed by atoms with E-state index in [-0.39, 0.29) is 0 Å². The van der Waals surface area contributed by atoms with Gasteiger partial charge >= 0.3 is 0 Å². The van der Waals surface area contributed by atoms with Gasteiger partial charge in [-0.1, -0.05) is 30.7 Å². The molecule has 0 bridgehead atoms. The molecular weight excluding hydrogens is 132 g/mol. The number of allylic oxidation sites excluding steroid dienone is 3. The van der Waals surface area contributed by atoms with Crippen LogP contribution >= 0.6 is 0 Å². The molecule has 0 spiro atoms. The molecule has 0 aromatic rings. The Kier molecular flexibility index (Phi) is 5.91. The smallest absolute Gasteiger partial charge is 0.0285 e. The highest BCUT2D eigenvalue weighted by atomic mass is 13.9. The monoisotopic (exact) mass is 150 g/mol. The van der Waals surface area contributed by atoms with Crippen LogP contribution in [0.2, 0.25) is 0 Å². The summed E-state index contributed by atoms with van der Waals surface area (Å²) in [5.74, 6) is 0. The molecule has 0 aromatic carbocycles. The Morgan fingerprint density at radius 2 is 2.00 bits per heavy atom. The zero-order chi connectivity index (χ0) is 8.69. The van der Waals surface area contributed by atoms with E-state index in [1.54, 1.807) is 0 Å². The average Bonchev–Trinajstić information content (AvgIpc) is 1.87. The van der Waals surface area contributed by atoms with Crippen molar-refractivity contribution in [2.24, 2.45) is 0 Å². The third-order valence-corrected chi connectivity index (χ3v) is 1.60. The molecule has 0 saturated carbocycles. The minimum absolute atomic E-state index is 0.994. The van der Waals surface area contributed by atoms with Crippen LogP contribution in [-0.2, 0) is 0 Å². The second-order valence-electron chi connectivity index (χ2n) is 3.04. The van der Waals surface area contributed by atoms with Crippen molar-refractivity contribution in [1.82, 2.24) is 0 Å². The first-order chi connectivity index (χ1) is 5.16. The van der Waals surface area contributed by atoms with Gasteiger partial charge in [0, 0.05) is 0 Å². The molecule has 0 aliphatic rings. The van der Waals surface area contributed by atoms with Crippen LogP contribution in [0.4, 0.5) is 0 Å². The molecule has 0 aliphatic heterocycles. The number of rotatable bonds is 5. The molecule has 0 saturated heterocycles. The Morgan fingerprint density at radius 1 is 1.36 bits per heavy atom. The quantitative estimate of drug-likeness (QED) is 0.524. The molecule has 0 heterocycles. The van der Waals surface area contributed by atoms with Crippen molar-refractivity contribution in [2.75, 3.05) is 0 Å². The highest BCUT2D eigenvalue weighted by Crippen LogP contribution is 2.07. The van der Waals surface area contributed by atoms with E-state index >= 15 is 0 Å². The van der Waals surface area contributed by atoms with Gasteiger partial charge in [0.05, 0.1) is 0 Å². The highest BCUT2D eigenvalue weighted by Gasteiger charge is 1.87. The lowest BCUT2D eigenvalue weighted by atomic mass is 10.1. The fourth-order valence-corrected chi connectivity index (χ4v) is 0.927. The van der Waals surface area contributed by atoms with Gasteiger partial charge in [-0.15, -0.1) is 0 Å². The third kappa shape index (κ3) is 7.38. The van der Waals surface area contributed by atoms with E-state index in [0.29, 0.717) is 0 Å². The van der Waals surface area contributed by atoms with Gasteiger partial charge in [0.25, 0.3) is 0 Å². The maximum Gasteiger partial charge on any atom is -0.0285 e. The second kappa shape index (κ2) is 6.21. The van der Waals surface area contributed by atoms with Gasteiger partial charge in [-0.05, 0) is 39.5 Å². The Balaban J connectivity index is 3.47. The van der Waals surface area contributed by atoms with Crippen LogP contribution in [-0.4, -0.2) is 0 Å². The van der Waals surface area contributed by atoms with Gasteiger partial charge in [0.15, 0.2) is 0 Å². The lowest BCUT2D eigenvalue weighted by Gasteiger charge is -1.97. The molecule has 0 aliphatic carbocycles. The molecule has 11 heavy (non-hydrogen) atoms. The molecule has 0 heteroatoms. The standard InChI is InChI=1S/C11H18/c1-5-7-11(4)9-6-8-10(2)3/h2,9H,1,5-8H2,3-4H3. The van der Waals surface area contributed by atoms with Gasteiger partial charge in [0.2, 0.25) is 0 Å². The van der Waals surface area contributed by atoms with E-state index in [0.717, 1.165) is 31.3 Å². The Morgan fingerprint density at radius 3 is 2.45 bits per heavy atom. The average molecular weight is 150 g/mol. The SMILES string of the molecule is [CH]=C(C)CCC=C(C)CC[CH2]. The summed E-state index contributed by atoms with van der Waals surface area (Å²) >= 11 is 0. The van der Waals surface area contributed by atoms with Crippen molar-refractivity contribution in [2.45, 2.75) is 39.5 Å². The first kappa shape index (κ1) is 10.5. The molecule has 2 radical (unpaired) electrons. The minimum atomic E-state index is 0.994. The fraction of sp³-hybridized carbons (Fsp3) is 0.545. The maximum absolute atomic E-state index is 5.53. The Hall–Kier alpha value is -0.520. The van der Waals surface area contributed by atoms with E-state index in [2.05, 4.69) is 19.9 Å². The van der Waals surface area contributed by atoms with Crippen molar-refractivity contribution in [3.8, 4) is 0 Å². The summed E-state index contributed by atoms with van der Waals surface area (Å²) in [6, 6.07) is 0. The van der Waals surface area contributed by atoms with Crippen LogP contribution in [0.25, 0.3) is 0 Å². The highest BCUT2D eigenvalue weighted by molar-refractivity contribution is 5.00. The topological polar surface area (TPSA) is 0 Å². The Labute approximate surface area is 71.0 Å². The summed E-state index contributed by atoms with van der Waals surface area (Å²) in [4.78, 5) is 0. The van der Waals surface area contributed by atoms with Crippen molar-refractivity contribution in [1.29, 1.82) is 0 Å². The van der Waals surface area contributed by atoms with Crippen LogP contribution in [0.5, 0.6) is 0 Å². The van der Waals surface area contributed by atoms with E-state index in [9.17, 15) is 0 Å². The van der Waals surface area contributed by atoms with Crippen molar-refractivity contribution in [3.63, 3.8) is 0 Å². The van der Waals surface area contributed by atoms with Crippen LogP contribution in [0.15, 0.2) is 17.2 Å². The summed E-state index contributed by atoms with van der Waals surface area (Å²) in [5.41, 5.74) is 2.45. The van der Waals surface area contributed by atoms with Gasteiger partial charge < -0.3 is 0 Å². The molecular formula is C11H18. The number of hydrogen-bond acceptors (Lipinski definition) is 0. The van der Waals surface area contributed by atoms with E-state index in [1.807, 2.05) is 6.92 Å². The molecule has 62 valence electrons. The van der Waals surface area contributed by atoms with Crippen LogP contribution < -0.4 is 0 Å². The van der Waals surface area contributed by atoms with Gasteiger partial charge in [-0.25, -0.2) is 0 Å². The molecule has 0 nitrogen and oxygen atoms in total. The lowest BCUT2D eigenvalue weighted by molar-refractivity contribution is 0.922. The van der Waals surface area contributed by atoms with Crippen LogP contribution in [0.1, 0.15) is 39.5 Å². The lowest BCUT2D eigenvalue weighted by Crippen LogP contribution is -1.77. The molecule has 0 N–H and O–H groups in total. The molecule has 0 aromatic heterocycles. The van der Waals surface area contributed by atoms with E-state index in [4.69, 9.17) is 6.58 Å². The summed E-state index contributed by atoms with van der Waals surface area (Å²) in [5, 5.41) is 0. The molecule has 0 rings (SSSR count). The van der Waals surface area contributed by atoms with Crippen molar-refractivity contribution < 1.29 is 0 Å². The minimum Gasteiger partial charge on any atom is -0.0853 e. The third-order valence-electron chi connectivity index (χ3n) is 1.60. The Bertz CT molecular complexity index is 140. The molecule has 0 atom stereocenters. The van der Waals surface area contributed by atoms with Gasteiger partial charge in [-0.3, -0.25) is 0 Å². The summed E-state index contributed by atoms with van der Waals surface area (Å²) in [6.07, 6.45) is 6.45. The summed E-state index contributed by atoms with van der Waals surface area (Å²) < 4.78 is 0.